The maximum absolute atomic E-state index is 12.1. The molecule has 0 spiro atoms. The van der Waals surface area contributed by atoms with Gasteiger partial charge in [-0.3, -0.25) is 0 Å². The van der Waals surface area contributed by atoms with Crippen molar-refractivity contribution in [3.8, 4) is 5.75 Å². The highest BCUT2D eigenvalue weighted by Crippen LogP contribution is 2.26. The Morgan fingerprint density at radius 1 is 1.47 bits per heavy atom. The monoisotopic (exact) mass is 245 g/mol. The topological polar surface area (TPSA) is 58.6 Å². The lowest BCUT2D eigenvalue weighted by molar-refractivity contribution is -0.137. The lowest BCUT2D eigenvalue weighted by Crippen LogP contribution is -2.28. The summed E-state index contributed by atoms with van der Waals surface area (Å²) in [6.45, 7) is -1.26. The molecular formula is C11H13F2NO3. The molecule has 6 heteroatoms. The van der Waals surface area contributed by atoms with Gasteiger partial charge in [0, 0.05) is 0 Å². The van der Waals surface area contributed by atoms with Gasteiger partial charge in [0.05, 0.1) is 5.69 Å². The lowest BCUT2D eigenvalue weighted by Gasteiger charge is -2.16. The third-order valence-electron chi connectivity index (χ3n) is 2.14. The number of nitrogens with one attached hydrogen (secondary N) is 1. The van der Waals surface area contributed by atoms with Gasteiger partial charge >= 0.3 is 12.6 Å². The van der Waals surface area contributed by atoms with Crippen molar-refractivity contribution in [3.05, 3.63) is 24.3 Å². The van der Waals surface area contributed by atoms with Gasteiger partial charge in [0.25, 0.3) is 0 Å². The van der Waals surface area contributed by atoms with Crippen LogP contribution in [0.1, 0.15) is 13.3 Å². The maximum atomic E-state index is 12.1. The molecule has 17 heavy (non-hydrogen) atoms. The highest BCUT2D eigenvalue weighted by molar-refractivity contribution is 5.78. The number of rotatable bonds is 6. The SMILES string of the molecule is CCC(Nc1ccccc1OC(F)F)C(=O)O. The molecule has 0 aliphatic heterocycles. The van der Waals surface area contributed by atoms with Gasteiger partial charge in [-0.2, -0.15) is 8.78 Å². The fourth-order valence-electron chi connectivity index (χ4n) is 1.31. The number of hydrogen-bond acceptors (Lipinski definition) is 3. The zero-order valence-electron chi connectivity index (χ0n) is 9.19. The van der Waals surface area contributed by atoms with E-state index in [1.807, 2.05) is 0 Å². The molecule has 94 valence electrons. The number of carbonyl (C=O) groups is 1. The predicted molar refractivity (Wildman–Crippen MR) is 58.4 cm³/mol. The van der Waals surface area contributed by atoms with Crippen molar-refractivity contribution in [2.45, 2.75) is 26.0 Å². The Labute approximate surface area is 97.2 Å². The van der Waals surface area contributed by atoms with E-state index in [9.17, 15) is 13.6 Å². The van der Waals surface area contributed by atoms with Crippen LogP contribution >= 0.6 is 0 Å². The number of benzene rings is 1. The summed E-state index contributed by atoms with van der Waals surface area (Å²) in [5, 5.41) is 11.5. The number of halogens is 2. The molecule has 0 aromatic heterocycles. The second-order valence-electron chi connectivity index (χ2n) is 3.32. The first-order chi connectivity index (χ1) is 8.04. The molecule has 0 aliphatic rings. The first-order valence-electron chi connectivity index (χ1n) is 5.07. The van der Waals surface area contributed by atoms with E-state index in [4.69, 9.17) is 5.11 Å². The molecule has 0 saturated heterocycles. The minimum atomic E-state index is -2.94. The molecule has 1 aromatic carbocycles. The highest BCUT2D eigenvalue weighted by Gasteiger charge is 2.17. The number of para-hydroxylation sites is 2. The van der Waals surface area contributed by atoms with E-state index < -0.39 is 18.6 Å². The fraction of sp³-hybridized carbons (Fsp3) is 0.364. The van der Waals surface area contributed by atoms with E-state index in [2.05, 4.69) is 10.1 Å². The second-order valence-corrected chi connectivity index (χ2v) is 3.32. The van der Waals surface area contributed by atoms with E-state index in [-0.39, 0.29) is 11.4 Å². The molecule has 0 heterocycles. The molecule has 2 N–H and O–H groups in total. The summed E-state index contributed by atoms with van der Waals surface area (Å²) in [7, 11) is 0. The van der Waals surface area contributed by atoms with Gasteiger partial charge < -0.3 is 15.2 Å². The summed E-state index contributed by atoms with van der Waals surface area (Å²) in [4.78, 5) is 10.8. The van der Waals surface area contributed by atoms with Crippen molar-refractivity contribution in [3.63, 3.8) is 0 Å². The van der Waals surface area contributed by atoms with Crippen LogP contribution in [0, 0.1) is 0 Å². The predicted octanol–water partition coefficient (Wildman–Crippen LogP) is 2.56. The molecule has 1 aromatic rings. The van der Waals surface area contributed by atoms with Crippen LogP contribution in [0.5, 0.6) is 5.75 Å². The molecule has 0 bridgehead atoms. The summed E-state index contributed by atoms with van der Waals surface area (Å²) < 4.78 is 28.5. The van der Waals surface area contributed by atoms with Gasteiger partial charge in [-0.15, -0.1) is 0 Å². The molecule has 0 radical (unpaired) electrons. The first kappa shape index (κ1) is 13.2. The first-order valence-corrected chi connectivity index (χ1v) is 5.07. The van der Waals surface area contributed by atoms with Gasteiger partial charge in [-0.25, -0.2) is 4.79 Å². The van der Waals surface area contributed by atoms with Crippen LogP contribution in [0.15, 0.2) is 24.3 Å². The molecule has 0 aliphatic carbocycles. The van der Waals surface area contributed by atoms with Gasteiger partial charge in [0.15, 0.2) is 0 Å². The summed E-state index contributed by atoms with van der Waals surface area (Å²) in [5.41, 5.74) is 0.238. The molecule has 4 nitrogen and oxygen atoms in total. The van der Waals surface area contributed by atoms with Crippen LogP contribution in [-0.2, 0) is 4.79 Å². The normalized spacial score (nSPS) is 12.2. The van der Waals surface area contributed by atoms with Crippen molar-refractivity contribution >= 4 is 11.7 Å². The van der Waals surface area contributed by atoms with Crippen LogP contribution < -0.4 is 10.1 Å². The number of hydrogen-bond donors (Lipinski definition) is 2. The van der Waals surface area contributed by atoms with Gasteiger partial charge in [0.1, 0.15) is 11.8 Å². The average molecular weight is 245 g/mol. The molecule has 1 atom stereocenters. The Morgan fingerprint density at radius 2 is 2.12 bits per heavy atom. The summed E-state index contributed by atoms with van der Waals surface area (Å²) in [6, 6.07) is 5.14. The van der Waals surface area contributed by atoms with Crippen LogP contribution in [0.25, 0.3) is 0 Å². The third-order valence-corrected chi connectivity index (χ3v) is 2.14. The quantitative estimate of drug-likeness (QED) is 0.808. The standard InChI is InChI=1S/C11H13F2NO3/c1-2-7(10(15)16)14-8-5-3-4-6-9(8)17-11(12)13/h3-7,11,14H,2H2,1H3,(H,15,16). The van der Waals surface area contributed by atoms with Crippen LogP contribution in [0.3, 0.4) is 0 Å². The Bertz CT molecular complexity index is 385. The third kappa shape index (κ3) is 3.90. The number of alkyl halides is 2. The van der Waals surface area contributed by atoms with E-state index in [0.717, 1.165) is 0 Å². The number of anilines is 1. The van der Waals surface area contributed by atoms with Gasteiger partial charge in [0.2, 0.25) is 0 Å². The smallest absolute Gasteiger partial charge is 0.387 e. The fourth-order valence-corrected chi connectivity index (χ4v) is 1.31. The lowest BCUT2D eigenvalue weighted by atomic mass is 10.2. The largest absolute Gasteiger partial charge is 0.480 e. The van der Waals surface area contributed by atoms with E-state index in [1.165, 1.54) is 18.2 Å². The minimum Gasteiger partial charge on any atom is -0.480 e. The summed E-state index contributed by atoms with van der Waals surface area (Å²) in [5.74, 6) is -1.11. The van der Waals surface area contributed by atoms with Gasteiger partial charge in [-0.1, -0.05) is 19.1 Å². The maximum Gasteiger partial charge on any atom is 0.387 e. The van der Waals surface area contributed by atoms with Crippen molar-refractivity contribution in [2.24, 2.45) is 0 Å². The van der Waals surface area contributed by atoms with Crippen molar-refractivity contribution in [2.75, 3.05) is 5.32 Å². The number of carboxylic acid groups (broad SMARTS) is 1. The van der Waals surface area contributed by atoms with Crippen LogP contribution in [-0.4, -0.2) is 23.7 Å². The number of carboxylic acids is 1. The Kier molecular flexibility index (Phi) is 4.68. The zero-order chi connectivity index (χ0) is 12.8. The molecule has 1 unspecified atom stereocenters. The van der Waals surface area contributed by atoms with Crippen LogP contribution in [0.2, 0.25) is 0 Å². The van der Waals surface area contributed by atoms with E-state index in [0.29, 0.717) is 6.42 Å². The van der Waals surface area contributed by atoms with Crippen molar-refractivity contribution in [1.29, 1.82) is 0 Å². The minimum absolute atomic E-state index is 0.0674. The summed E-state index contributed by atoms with van der Waals surface area (Å²) in [6.07, 6.45) is 0.332. The Morgan fingerprint density at radius 3 is 2.65 bits per heavy atom. The summed E-state index contributed by atoms with van der Waals surface area (Å²) >= 11 is 0. The molecule has 1 rings (SSSR count). The van der Waals surface area contributed by atoms with E-state index in [1.54, 1.807) is 13.0 Å². The zero-order valence-corrected chi connectivity index (χ0v) is 9.19. The second kappa shape index (κ2) is 6.03. The highest BCUT2D eigenvalue weighted by atomic mass is 19.3. The number of aliphatic carboxylic acids is 1. The average Bonchev–Trinajstić information content (AvgIpc) is 2.26. The Balaban J connectivity index is 2.85. The molecular weight excluding hydrogens is 232 g/mol. The molecule has 0 saturated carbocycles. The van der Waals surface area contributed by atoms with E-state index >= 15 is 0 Å². The van der Waals surface area contributed by atoms with Crippen molar-refractivity contribution in [1.82, 2.24) is 0 Å². The Hall–Kier alpha value is -1.85. The van der Waals surface area contributed by atoms with Gasteiger partial charge in [-0.05, 0) is 18.6 Å². The molecule has 0 fully saturated rings. The number of ether oxygens (including phenoxy) is 1. The molecule has 0 amide bonds. The van der Waals surface area contributed by atoms with Crippen LogP contribution in [0.4, 0.5) is 14.5 Å². The van der Waals surface area contributed by atoms with Crippen molar-refractivity contribution < 1.29 is 23.4 Å².